The molecule has 0 spiro atoms. The Morgan fingerprint density at radius 3 is 2.55 bits per heavy atom. The Balaban J connectivity index is 2.27. The van der Waals surface area contributed by atoms with Crippen LogP contribution in [0.25, 0.3) is 0 Å². The van der Waals surface area contributed by atoms with Crippen molar-refractivity contribution in [3.05, 3.63) is 0 Å². The highest BCUT2D eigenvalue weighted by molar-refractivity contribution is 7.99. The van der Waals surface area contributed by atoms with Gasteiger partial charge in [-0.2, -0.15) is 11.8 Å². The van der Waals surface area contributed by atoms with Crippen LogP contribution < -0.4 is 5.73 Å². The van der Waals surface area contributed by atoms with Crippen molar-refractivity contribution in [3.63, 3.8) is 0 Å². The molecular weight excluding hydrogens is 274 g/mol. The van der Waals surface area contributed by atoms with Crippen LogP contribution in [0.4, 0.5) is 0 Å². The van der Waals surface area contributed by atoms with Gasteiger partial charge in [0.1, 0.15) is 5.41 Å². The number of hydrogen-bond acceptors (Lipinski definition) is 4. The molecule has 2 rings (SSSR count). The SMILES string of the molecule is CC1CSCCN1C(=O)C1(C(N)=NO)CCCCCC1. The molecule has 0 radical (unpaired) electrons. The average molecular weight is 299 g/mol. The lowest BCUT2D eigenvalue weighted by molar-refractivity contribution is -0.140. The molecule has 114 valence electrons. The van der Waals surface area contributed by atoms with Crippen molar-refractivity contribution in [1.29, 1.82) is 0 Å². The summed E-state index contributed by atoms with van der Waals surface area (Å²) >= 11 is 1.88. The van der Waals surface area contributed by atoms with Gasteiger partial charge in [0.05, 0.1) is 0 Å². The fraction of sp³-hybridized carbons (Fsp3) is 0.857. The largest absolute Gasteiger partial charge is 0.409 e. The molecule has 0 aromatic rings. The Labute approximate surface area is 124 Å². The van der Waals surface area contributed by atoms with Crippen molar-refractivity contribution in [2.45, 2.75) is 51.5 Å². The molecule has 2 fully saturated rings. The van der Waals surface area contributed by atoms with Crippen molar-refractivity contribution in [2.24, 2.45) is 16.3 Å². The van der Waals surface area contributed by atoms with E-state index in [4.69, 9.17) is 10.9 Å². The molecule has 1 saturated heterocycles. The van der Waals surface area contributed by atoms with E-state index in [9.17, 15) is 4.79 Å². The smallest absolute Gasteiger partial charge is 0.236 e. The maximum Gasteiger partial charge on any atom is 0.236 e. The van der Waals surface area contributed by atoms with E-state index < -0.39 is 5.41 Å². The van der Waals surface area contributed by atoms with Crippen LogP contribution in [0, 0.1) is 5.41 Å². The molecule has 1 aliphatic heterocycles. The molecule has 20 heavy (non-hydrogen) atoms. The molecule has 1 atom stereocenters. The lowest BCUT2D eigenvalue weighted by atomic mass is 9.77. The van der Waals surface area contributed by atoms with Crippen molar-refractivity contribution < 1.29 is 10.0 Å². The Bertz CT molecular complexity index is 379. The van der Waals surface area contributed by atoms with Crippen LogP contribution in [0.5, 0.6) is 0 Å². The molecule has 0 aromatic heterocycles. The van der Waals surface area contributed by atoms with E-state index in [1.807, 2.05) is 16.7 Å². The number of carbonyl (C=O) groups is 1. The van der Waals surface area contributed by atoms with Gasteiger partial charge in [-0.1, -0.05) is 30.8 Å². The summed E-state index contributed by atoms with van der Waals surface area (Å²) in [6.07, 6.45) is 5.60. The number of nitrogens with zero attached hydrogens (tertiary/aromatic N) is 2. The van der Waals surface area contributed by atoms with Gasteiger partial charge in [-0.05, 0) is 19.8 Å². The molecule has 3 N–H and O–H groups in total. The fourth-order valence-corrected chi connectivity index (χ4v) is 4.32. The summed E-state index contributed by atoms with van der Waals surface area (Å²) in [5.74, 6) is 2.12. The van der Waals surface area contributed by atoms with Gasteiger partial charge in [0.15, 0.2) is 5.84 Å². The highest BCUT2D eigenvalue weighted by Crippen LogP contribution is 2.38. The average Bonchev–Trinajstić information content (AvgIpc) is 2.73. The van der Waals surface area contributed by atoms with Crippen molar-refractivity contribution in [1.82, 2.24) is 4.90 Å². The van der Waals surface area contributed by atoms with E-state index in [0.717, 1.165) is 43.7 Å². The van der Waals surface area contributed by atoms with Gasteiger partial charge >= 0.3 is 0 Å². The first-order valence-corrected chi connectivity index (χ1v) is 8.64. The van der Waals surface area contributed by atoms with Crippen LogP contribution in [-0.4, -0.2) is 45.9 Å². The van der Waals surface area contributed by atoms with Crippen molar-refractivity contribution in [3.8, 4) is 0 Å². The number of hydrogen-bond donors (Lipinski definition) is 2. The summed E-state index contributed by atoms with van der Waals surface area (Å²) < 4.78 is 0. The third-order valence-corrected chi connectivity index (χ3v) is 5.78. The number of thioether (sulfide) groups is 1. The normalized spacial score (nSPS) is 27.9. The summed E-state index contributed by atoms with van der Waals surface area (Å²) in [6.45, 7) is 2.85. The van der Waals surface area contributed by atoms with Gasteiger partial charge in [-0.3, -0.25) is 4.79 Å². The summed E-state index contributed by atoms with van der Waals surface area (Å²) in [5, 5.41) is 12.4. The summed E-state index contributed by atoms with van der Waals surface area (Å²) in [5.41, 5.74) is 5.18. The number of oxime groups is 1. The van der Waals surface area contributed by atoms with Crippen LogP contribution in [-0.2, 0) is 4.79 Å². The highest BCUT2D eigenvalue weighted by Gasteiger charge is 2.46. The van der Waals surface area contributed by atoms with Gasteiger partial charge < -0.3 is 15.8 Å². The maximum absolute atomic E-state index is 13.1. The zero-order valence-corrected chi connectivity index (χ0v) is 13.0. The molecule has 1 unspecified atom stereocenters. The Morgan fingerprint density at radius 1 is 1.35 bits per heavy atom. The minimum absolute atomic E-state index is 0.0718. The Kier molecular flexibility index (Phi) is 5.18. The van der Waals surface area contributed by atoms with E-state index in [0.29, 0.717) is 12.8 Å². The molecule has 5 nitrogen and oxygen atoms in total. The standard InChI is InChI=1S/C14H25N3O2S/c1-11-10-20-9-8-17(11)13(18)14(12(15)16-19)6-4-2-3-5-7-14/h11,19H,2-10H2,1H3,(H2,15,16). The molecule has 2 aliphatic rings. The van der Waals surface area contributed by atoms with Crippen LogP contribution >= 0.6 is 11.8 Å². The highest BCUT2D eigenvalue weighted by atomic mass is 32.2. The lowest BCUT2D eigenvalue weighted by Crippen LogP contribution is -2.55. The molecule has 1 heterocycles. The third-order valence-electron chi connectivity index (χ3n) is 4.59. The Morgan fingerprint density at radius 2 is 2.00 bits per heavy atom. The number of carbonyl (C=O) groups excluding carboxylic acids is 1. The molecule has 0 bridgehead atoms. The molecule has 1 amide bonds. The Hall–Kier alpha value is -0.910. The van der Waals surface area contributed by atoms with Crippen molar-refractivity contribution >= 4 is 23.5 Å². The monoisotopic (exact) mass is 299 g/mol. The van der Waals surface area contributed by atoms with E-state index in [1.54, 1.807) is 0 Å². The zero-order valence-electron chi connectivity index (χ0n) is 12.2. The van der Waals surface area contributed by atoms with Crippen molar-refractivity contribution in [2.75, 3.05) is 18.1 Å². The first-order chi connectivity index (χ1) is 9.62. The van der Waals surface area contributed by atoms with Crippen LogP contribution in [0.2, 0.25) is 0 Å². The molecular formula is C14H25N3O2S. The van der Waals surface area contributed by atoms with Gasteiger partial charge in [0.2, 0.25) is 5.91 Å². The summed E-state index contributed by atoms with van der Waals surface area (Å²) in [7, 11) is 0. The predicted molar refractivity (Wildman–Crippen MR) is 82.0 cm³/mol. The van der Waals surface area contributed by atoms with E-state index >= 15 is 0 Å². The predicted octanol–water partition coefficient (Wildman–Crippen LogP) is 2.04. The van der Waals surface area contributed by atoms with Gasteiger partial charge in [-0.15, -0.1) is 0 Å². The summed E-state index contributed by atoms with van der Waals surface area (Å²) in [6, 6.07) is 0.230. The van der Waals surface area contributed by atoms with Crippen LogP contribution in [0.1, 0.15) is 45.4 Å². The fourth-order valence-electron chi connectivity index (χ4n) is 3.31. The number of amidine groups is 1. The molecule has 6 heteroatoms. The third kappa shape index (κ3) is 2.90. The van der Waals surface area contributed by atoms with Crippen LogP contribution in [0.3, 0.4) is 0 Å². The van der Waals surface area contributed by atoms with Crippen LogP contribution in [0.15, 0.2) is 5.16 Å². The van der Waals surface area contributed by atoms with E-state index in [-0.39, 0.29) is 17.8 Å². The number of nitrogens with two attached hydrogens (primary N) is 1. The van der Waals surface area contributed by atoms with Gasteiger partial charge in [0.25, 0.3) is 0 Å². The minimum Gasteiger partial charge on any atom is -0.409 e. The van der Waals surface area contributed by atoms with E-state index in [1.165, 1.54) is 0 Å². The molecule has 0 aromatic carbocycles. The lowest BCUT2D eigenvalue weighted by Gasteiger charge is -2.40. The number of amides is 1. The summed E-state index contributed by atoms with van der Waals surface area (Å²) in [4.78, 5) is 15.0. The first-order valence-electron chi connectivity index (χ1n) is 7.48. The molecule has 1 saturated carbocycles. The zero-order chi connectivity index (χ0) is 14.6. The quantitative estimate of drug-likeness (QED) is 0.269. The number of rotatable bonds is 2. The second-order valence-corrected chi connectivity index (χ2v) is 7.05. The minimum atomic E-state index is -0.776. The van der Waals surface area contributed by atoms with E-state index in [2.05, 4.69) is 12.1 Å². The topological polar surface area (TPSA) is 78.9 Å². The second kappa shape index (κ2) is 6.70. The second-order valence-electron chi connectivity index (χ2n) is 5.90. The maximum atomic E-state index is 13.1. The first kappa shape index (κ1) is 15.5. The van der Waals surface area contributed by atoms with Gasteiger partial charge in [0, 0.05) is 24.1 Å². The molecule has 1 aliphatic carbocycles. The van der Waals surface area contributed by atoms with Gasteiger partial charge in [-0.25, -0.2) is 0 Å².